The van der Waals surface area contributed by atoms with E-state index in [2.05, 4.69) is 43.2 Å². The van der Waals surface area contributed by atoms with E-state index in [-0.39, 0.29) is 17.0 Å². The van der Waals surface area contributed by atoms with Gasteiger partial charge in [-0.2, -0.15) is 0 Å². The highest BCUT2D eigenvalue weighted by Crippen LogP contribution is 2.02. The molecule has 0 aromatic rings. The SMILES string of the molecule is Br.CC(C)N1C=CC=CC1. The van der Waals surface area contributed by atoms with Gasteiger partial charge in [-0.15, -0.1) is 17.0 Å². The molecule has 1 rings (SSSR count). The van der Waals surface area contributed by atoms with E-state index in [1.165, 1.54) is 0 Å². The number of allylic oxidation sites excluding steroid dienone is 2. The molecule has 10 heavy (non-hydrogen) atoms. The predicted molar refractivity (Wildman–Crippen MR) is 50.4 cm³/mol. The van der Waals surface area contributed by atoms with Crippen LogP contribution in [0.3, 0.4) is 0 Å². The third-order valence-electron chi connectivity index (χ3n) is 1.50. The molecule has 0 spiro atoms. The van der Waals surface area contributed by atoms with Crippen molar-refractivity contribution in [2.75, 3.05) is 6.54 Å². The fourth-order valence-corrected chi connectivity index (χ4v) is 0.865. The Balaban J connectivity index is 0.000000810. The molecule has 0 saturated carbocycles. The molecule has 1 nitrogen and oxygen atoms in total. The summed E-state index contributed by atoms with van der Waals surface area (Å²) in [6.07, 6.45) is 8.45. The summed E-state index contributed by atoms with van der Waals surface area (Å²) in [5.74, 6) is 0. The lowest BCUT2D eigenvalue weighted by Crippen LogP contribution is -2.26. The zero-order valence-electron chi connectivity index (χ0n) is 6.45. The van der Waals surface area contributed by atoms with Crippen LogP contribution < -0.4 is 0 Å². The normalized spacial score (nSPS) is 15.7. The maximum Gasteiger partial charge on any atom is 0.0359 e. The third kappa shape index (κ3) is 2.56. The van der Waals surface area contributed by atoms with Gasteiger partial charge in [0.1, 0.15) is 0 Å². The molecule has 0 amide bonds. The van der Waals surface area contributed by atoms with Crippen molar-refractivity contribution in [3.8, 4) is 0 Å². The van der Waals surface area contributed by atoms with Crippen molar-refractivity contribution in [1.82, 2.24) is 4.90 Å². The monoisotopic (exact) mass is 203 g/mol. The van der Waals surface area contributed by atoms with Gasteiger partial charge < -0.3 is 4.90 Å². The summed E-state index contributed by atoms with van der Waals surface area (Å²) in [6, 6.07) is 0.631. The van der Waals surface area contributed by atoms with Crippen LogP contribution in [0.25, 0.3) is 0 Å². The maximum atomic E-state index is 2.29. The summed E-state index contributed by atoms with van der Waals surface area (Å²) in [5.41, 5.74) is 0. The molecule has 0 radical (unpaired) electrons. The van der Waals surface area contributed by atoms with Crippen molar-refractivity contribution in [1.29, 1.82) is 0 Å². The van der Waals surface area contributed by atoms with Gasteiger partial charge in [0, 0.05) is 12.6 Å². The molecule has 2 heteroatoms. The lowest BCUT2D eigenvalue weighted by Gasteiger charge is -2.24. The molecule has 0 atom stereocenters. The van der Waals surface area contributed by atoms with Gasteiger partial charge in [-0.1, -0.05) is 12.2 Å². The van der Waals surface area contributed by atoms with Gasteiger partial charge in [0.25, 0.3) is 0 Å². The van der Waals surface area contributed by atoms with Gasteiger partial charge >= 0.3 is 0 Å². The van der Waals surface area contributed by atoms with Crippen LogP contribution in [0.2, 0.25) is 0 Å². The first kappa shape index (κ1) is 9.76. The Labute approximate surface area is 73.2 Å². The zero-order valence-corrected chi connectivity index (χ0v) is 8.16. The second-order valence-corrected chi connectivity index (χ2v) is 2.56. The van der Waals surface area contributed by atoms with Crippen LogP contribution in [0.1, 0.15) is 13.8 Å². The lowest BCUT2D eigenvalue weighted by molar-refractivity contribution is 0.339. The van der Waals surface area contributed by atoms with Crippen molar-refractivity contribution in [3.63, 3.8) is 0 Å². The minimum atomic E-state index is 0. The van der Waals surface area contributed by atoms with Gasteiger partial charge in [0.2, 0.25) is 0 Å². The zero-order chi connectivity index (χ0) is 6.69. The highest BCUT2D eigenvalue weighted by Gasteiger charge is 2.01. The highest BCUT2D eigenvalue weighted by atomic mass is 79.9. The highest BCUT2D eigenvalue weighted by molar-refractivity contribution is 8.93. The minimum absolute atomic E-state index is 0. The molecule has 1 aliphatic rings. The van der Waals surface area contributed by atoms with Gasteiger partial charge in [-0.25, -0.2) is 0 Å². The van der Waals surface area contributed by atoms with Crippen LogP contribution in [-0.4, -0.2) is 17.5 Å². The van der Waals surface area contributed by atoms with Crippen LogP contribution in [0.15, 0.2) is 24.4 Å². The molecule has 0 fully saturated rings. The smallest absolute Gasteiger partial charge is 0.0359 e. The largest absolute Gasteiger partial charge is 0.371 e. The molecule has 0 N–H and O–H groups in total. The summed E-state index contributed by atoms with van der Waals surface area (Å²) >= 11 is 0. The number of hydrogen-bond donors (Lipinski definition) is 0. The molecular formula is C8H14BrN. The number of hydrogen-bond acceptors (Lipinski definition) is 1. The van der Waals surface area contributed by atoms with E-state index >= 15 is 0 Å². The molecule has 58 valence electrons. The average Bonchev–Trinajstić information content (AvgIpc) is 1.90. The Morgan fingerprint density at radius 2 is 2.00 bits per heavy atom. The number of rotatable bonds is 1. The van der Waals surface area contributed by atoms with Crippen molar-refractivity contribution in [2.24, 2.45) is 0 Å². The van der Waals surface area contributed by atoms with Gasteiger partial charge in [0.15, 0.2) is 0 Å². The molecular weight excluding hydrogens is 190 g/mol. The van der Waals surface area contributed by atoms with Gasteiger partial charge in [-0.05, 0) is 26.1 Å². The standard InChI is InChI=1S/C8H13N.BrH/c1-8(2)9-6-4-3-5-7-9;/h3-6,8H,7H2,1-2H3;1H. The molecule has 0 aromatic carbocycles. The summed E-state index contributed by atoms with van der Waals surface area (Å²) < 4.78 is 0. The number of halogens is 1. The lowest BCUT2D eigenvalue weighted by atomic mass is 10.3. The van der Waals surface area contributed by atoms with Crippen molar-refractivity contribution in [3.05, 3.63) is 24.4 Å². The van der Waals surface area contributed by atoms with Crippen LogP contribution in [0.4, 0.5) is 0 Å². The Morgan fingerprint density at radius 1 is 1.30 bits per heavy atom. The second-order valence-electron chi connectivity index (χ2n) is 2.56. The first-order valence-corrected chi connectivity index (χ1v) is 3.40. The maximum absolute atomic E-state index is 2.29. The van der Waals surface area contributed by atoms with E-state index in [1.807, 2.05) is 0 Å². The molecule has 0 unspecified atom stereocenters. The molecule has 0 aromatic heterocycles. The van der Waals surface area contributed by atoms with E-state index in [0.717, 1.165) is 6.54 Å². The molecule has 0 bridgehead atoms. The van der Waals surface area contributed by atoms with E-state index in [9.17, 15) is 0 Å². The van der Waals surface area contributed by atoms with E-state index in [0.29, 0.717) is 6.04 Å². The predicted octanol–water partition coefficient (Wildman–Crippen LogP) is 2.36. The first-order valence-electron chi connectivity index (χ1n) is 3.40. The van der Waals surface area contributed by atoms with Crippen molar-refractivity contribution >= 4 is 17.0 Å². The fourth-order valence-electron chi connectivity index (χ4n) is 0.865. The Hall–Kier alpha value is -0.240. The van der Waals surface area contributed by atoms with Crippen molar-refractivity contribution < 1.29 is 0 Å². The summed E-state index contributed by atoms with van der Waals surface area (Å²) in [5, 5.41) is 0. The fraction of sp³-hybridized carbons (Fsp3) is 0.500. The Kier molecular flexibility index (Phi) is 4.45. The van der Waals surface area contributed by atoms with E-state index in [1.54, 1.807) is 0 Å². The quantitative estimate of drug-likeness (QED) is 0.633. The summed E-state index contributed by atoms with van der Waals surface area (Å²) in [4.78, 5) is 2.29. The van der Waals surface area contributed by atoms with Crippen molar-refractivity contribution in [2.45, 2.75) is 19.9 Å². The van der Waals surface area contributed by atoms with Gasteiger partial charge in [-0.3, -0.25) is 0 Å². The Bertz CT molecular complexity index is 138. The van der Waals surface area contributed by atoms with E-state index in [4.69, 9.17) is 0 Å². The summed E-state index contributed by atoms with van der Waals surface area (Å²) in [7, 11) is 0. The molecule has 0 aliphatic carbocycles. The summed E-state index contributed by atoms with van der Waals surface area (Å²) in [6.45, 7) is 5.46. The van der Waals surface area contributed by atoms with E-state index < -0.39 is 0 Å². The topological polar surface area (TPSA) is 3.24 Å². The Morgan fingerprint density at radius 3 is 2.30 bits per heavy atom. The molecule has 1 heterocycles. The van der Waals surface area contributed by atoms with Crippen LogP contribution in [0.5, 0.6) is 0 Å². The molecule has 0 saturated heterocycles. The second kappa shape index (κ2) is 4.56. The van der Waals surface area contributed by atoms with Crippen LogP contribution >= 0.6 is 17.0 Å². The molecule has 1 aliphatic heterocycles. The third-order valence-corrected chi connectivity index (χ3v) is 1.50. The van der Waals surface area contributed by atoms with Gasteiger partial charge in [0.05, 0.1) is 0 Å². The number of nitrogens with zero attached hydrogens (tertiary/aromatic N) is 1. The minimum Gasteiger partial charge on any atom is -0.371 e. The van der Waals surface area contributed by atoms with Crippen LogP contribution in [-0.2, 0) is 0 Å². The van der Waals surface area contributed by atoms with Crippen LogP contribution in [0, 0.1) is 0 Å². The average molecular weight is 204 g/mol. The first-order chi connectivity index (χ1) is 4.30.